The van der Waals surface area contributed by atoms with Crippen LogP contribution in [-0.2, 0) is 0 Å². The van der Waals surface area contributed by atoms with Gasteiger partial charge in [-0.05, 0) is 42.6 Å². The molecule has 6 heteroatoms. The maximum absolute atomic E-state index is 6.56. The zero-order chi connectivity index (χ0) is 25.9. The molecule has 0 fully saturated rings. The quantitative estimate of drug-likeness (QED) is 0.262. The van der Waals surface area contributed by atoms with Gasteiger partial charge >= 0.3 is 0 Å². The highest BCUT2D eigenvalue weighted by Gasteiger charge is 2.22. The Bertz CT molecular complexity index is 2180. The third-order valence-corrected chi connectivity index (χ3v) is 7.71. The van der Waals surface area contributed by atoms with E-state index >= 15 is 0 Å². The van der Waals surface area contributed by atoms with E-state index in [2.05, 4.69) is 98.0 Å². The Hall–Kier alpha value is -4.74. The number of nitrogens with zero attached hydrogens (tertiary/aromatic N) is 5. The van der Waals surface area contributed by atoms with Gasteiger partial charge in [-0.15, -0.1) is 0 Å². The number of aromatic nitrogens is 5. The van der Waals surface area contributed by atoms with Crippen molar-refractivity contribution < 1.29 is 0 Å². The van der Waals surface area contributed by atoms with Gasteiger partial charge in [-0.25, -0.2) is 0 Å². The van der Waals surface area contributed by atoms with Crippen LogP contribution in [0.1, 0.15) is 12.8 Å². The van der Waals surface area contributed by atoms with Crippen molar-refractivity contribution in [2.24, 2.45) is 0 Å². The molecule has 0 aliphatic heterocycles. The van der Waals surface area contributed by atoms with Gasteiger partial charge in [0.25, 0.3) is 0 Å². The predicted molar refractivity (Wildman–Crippen MR) is 159 cm³/mol. The molecule has 0 radical (unpaired) electrons. The Morgan fingerprint density at radius 1 is 0.590 bits per heavy atom. The van der Waals surface area contributed by atoms with Crippen molar-refractivity contribution >= 4 is 56.5 Å². The standard InChI is InChI=1S/C33H22ClN5/c34-32-35-31(21-11-3-1-4-12-21)36-33(37-32)39-28-18-10-8-16-24(28)26-20-19-25-23-15-7-9-17-27(23)38(29(25)30(26)39)22-13-5-2-6-14-22/h1-6,8,10-20H,7,9H2. The van der Waals surface area contributed by atoms with E-state index in [1.54, 1.807) is 0 Å². The second-order valence-corrected chi connectivity index (χ2v) is 10.1. The van der Waals surface area contributed by atoms with Gasteiger partial charge in [0, 0.05) is 38.0 Å². The van der Waals surface area contributed by atoms with E-state index in [1.807, 2.05) is 30.3 Å². The fraction of sp³-hybridized carbons (Fsp3) is 0.0606. The third-order valence-electron chi connectivity index (χ3n) is 7.54. The summed E-state index contributed by atoms with van der Waals surface area (Å²) in [5, 5.41) is 6.16. The number of benzene rings is 4. The Kier molecular flexibility index (Phi) is 4.94. The number of hydrogen-bond donors (Lipinski definition) is 0. The fourth-order valence-corrected chi connectivity index (χ4v) is 6.09. The lowest BCUT2D eigenvalue weighted by atomic mass is 10.1. The second-order valence-electron chi connectivity index (χ2n) is 9.76. The van der Waals surface area contributed by atoms with Crippen molar-refractivity contribution in [3.8, 4) is 23.0 Å². The van der Waals surface area contributed by atoms with Crippen LogP contribution in [0.3, 0.4) is 0 Å². The molecule has 0 spiro atoms. The molecule has 3 aromatic heterocycles. The summed E-state index contributed by atoms with van der Waals surface area (Å²) in [5.74, 6) is 1.04. The van der Waals surface area contributed by atoms with Crippen LogP contribution in [0.25, 0.3) is 67.9 Å². The molecule has 186 valence electrons. The van der Waals surface area contributed by atoms with Crippen LogP contribution < -0.4 is 10.6 Å². The molecule has 8 rings (SSSR count). The van der Waals surface area contributed by atoms with E-state index in [-0.39, 0.29) is 5.28 Å². The zero-order valence-corrected chi connectivity index (χ0v) is 21.7. The van der Waals surface area contributed by atoms with E-state index in [0.29, 0.717) is 11.8 Å². The topological polar surface area (TPSA) is 48.5 Å². The van der Waals surface area contributed by atoms with Crippen LogP contribution in [0, 0.1) is 0 Å². The van der Waals surface area contributed by atoms with Crippen LogP contribution in [0.4, 0.5) is 0 Å². The van der Waals surface area contributed by atoms with Gasteiger partial charge in [0.1, 0.15) is 0 Å². The molecule has 39 heavy (non-hydrogen) atoms. The summed E-state index contributed by atoms with van der Waals surface area (Å²) in [6.07, 6.45) is 6.77. The lowest BCUT2D eigenvalue weighted by molar-refractivity contribution is 0.945. The summed E-state index contributed by atoms with van der Waals surface area (Å²) in [4.78, 5) is 14.1. The van der Waals surface area contributed by atoms with Gasteiger partial charge in [-0.2, -0.15) is 15.0 Å². The van der Waals surface area contributed by atoms with Gasteiger partial charge in [-0.1, -0.05) is 91.0 Å². The highest BCUT2D eigenvalue weighted by molar-refractivity contribution is 6.28. The van der Waals surface area contributed by atoms with E-state index in [0.717, 1.165) is 51.4 Å². The summed E-state index contributed by atoms with van der Waals surface area (Å²) in [6.45, 7) is 0. The SMILES string of the molecule is Clc1nc(-c2ccccc2)nc(-n2c3ccccc3c3ccc4c5c(n(-c6ccccc6)c4c32)=CCCC=5)n1. The van der Waals surface area contributed by atoms with Gasteiger partial charge in [0.15, 0.2) is 5.82 Å². The largest absolute Gasteiger partial charge is 0.308 e. The highest BCUT2D eigenvalue weighted by Crippen LogP contribution is 2.36. The highest BCUT2D eigenvalue weighted by atomic mass is 35.5. The molecule has 5 nitrogen and oxygen atoms in total. The number of fused-ring (bicyclic) bond motifs is 7. The molecule has 4 aromatic carbocycles. The van der Waals surface area contributed by atoms with E-state index < -0.39 is 0 Å². The van der Waals surface area contributed by atoms with Crippen LogP contribution in [0.2, 0.25) is 5.28 Å². The summed E-state index contributed by atoms with van der Waals surface area (Å²) < 4.78 is 4.54. The van der Waals surface area contributed by atoms with Crippen molar-refractivity contribution in [1.82, 2.24) is 24.1 Å². The van der Waals surface area contributed by atoms with Crippen LogP contribution in [0.15, 0.2) is 97.1 Å². The molecule has 0 bridgehead atoms. The summed E-state index contributed by atoms with van der Waals surface area (Å²) in [5.41, 5.74) is 5.22. The predicted octanol–water partition coefficient (Wildman–Crippen LogP) is 6.59. The summed E-state index contributed by atoms with van der Waals surface area (Å²) in [6, 6.07) is 33.4. The molecule has 0 saturated carbocycles. The lowest BCUT2D eigenvalue weighted by Crippen LogP contribution is -2.30. The Morgan fingerprint density at radius 3 is 2.13 bits per heavy atom. The Morgan fingerprint density at radius 2 is 1.28 bits per heavy atom. The molecule has 3 heterocycles. The minimum atomic E-state index is 0.163. The van der Waals surface area contributed by atoms with Crippen molar-refractivity contribution in [2.45, 2.75) is 12.8 Å². The maximum atomic E-state index is 6.56. The Balaban J connectivity index is 1.59. The smallest absolute Gasteiger partial charge is 0.239 e. The van der Waals surface area contributed by atoms with E-state index in [4.69, 9.17) is 16.6 Å². The first-order chi connectivity index (χ1) is 19.3. The molecular formula is C33H22ClN5. The minimum Gasteiger partial charge on any atom is -0.308 e. The van der Waals surface area contributed by atoms with Gasteiger partial charge in [0.2, 0.25) is 11.2 Å². The normalized spacial score (nSPS) is 12.9. The third kappa shape index (κ3) is 3.37. The molecule has 0 N–H and O–H groups in total. The first-order valence-corrected chi connectivity index (χ1v) is 13.5. The molecule has 1 aliphatic rings. The van der Waals surface area contributed by atoms with E-state index in [9.17, 15) is 0 Å². The molecule has 1 aliphatic carbocycles. The molecule has 0 atom stereocenters. The average molecular weight is 524 g/mol. The Labute approximate surface area is 229 Å². The molecule has 0 saturated heterocycles. The number of halogens is 1. The molecular weight excluding hydrogens is 502 g/mol. The zero-order valence-electron chi connectivity index (χ0n) is 20.9. The van der Waals surface area contributed by atoms with Crippen molar-refractivity contribution in [3.63, 3.8) is 0 Å². The van der Waals surface area contributed by atoms with Gasteiger partial charge in [0.05, 0.1) is 16.6 Å². The van der Waals surface area contributed by atoms with Crippen molar-refractivity contribution in [1.29, 1.82) is 0 Å². The lowest BCUT2D eigenvalue weighted by Gasteiger charge is -2.12. The van der Waals surface area contributed by atoms with E-state index in [1.165, 1.54) is 16.0 Å². The molecule has 0 unspecified atom stereocenters. The first kappa shape index (κ1) is 22.3. The minimum absolute atomic E-state index is 0.163. The maximum Gasteiger partial charge on any atom is 0.239 e. The monoisotopic (exact) mass is 523 g/mol. The van der Waals surface area contributed by atoms with Crippen molar-refractivity contribution in [2.75, 3.05) is 0 Å². The van der Waals surface area contributed by atoms with Gasteiger partial charge < -0.3 is 4.57 Å². The molecule has 0 amide bonds. The first-order valence-electron chi connectivity index (χ1n) is 13.1. The number of para-hydroxylation sites is 2. The summed E-state index contributed by atoms with van der Waals surface area (Å²) in [7, 11) is 0. The number of hydrogen-bond acceptors (Lipinski definition) is 3. The van der Waals surface area contributed by atoms with Crippen molar-refractivity contribution in [3.05, 3.63) is 113 Å². The van der Waals surface area contributed by atoms with Gasteiger partial charge in [-0.3, -0.25) is 4.57 Å². The van der Waals surface area contributed by atoms with Crippen LogP contribution in [-0.4, -0.2) is 24.1 Å². The van der Waals surface area contributed by atoms with Crippen LogP contribution >= 0.6 is 11.6 Å². The number of rotatable bonds is 3. The average Bonchev–Trinajstić information content (AvgIpc) is 3.51. The summed E-state index contributed by atoms with van der Waals surface area (Å²) >= 11 is 6.56. The second kappa shape index (κ2) is 8.65. The fourth-order valence-electron chi connectivity index (χ4n) is 5.94. The molecule has 7 aromatic rings. The van der Waals surface area contributed by atoms with Crippen LogP contribution in [0.5, 0.6) is 0 Å².